The molecule has 0 aliphatic carbocycles. The number of esters is 2. The van der Waals surface area contributed by atoms with Gasteiger partial charge in [0, 0.05) is 6.92 Å². The van der Waals surface area contributed by atoms with Crippen LogP contribution in [0.15, 0.2) is 17.1 Å². The summed E-state index contributed by atoms with van der Waals surface area (Å²) in [6, 6.07) is -0.893. The van der Waals surface area contributed by atoms with E-state index in [1.54, 1.807) is 12.2 Å². The normalized spacial score (nSPS) is 11.6. The number of aliphatic imine (C=N–C) groups is 1. The molecule has 0 heterocycles. The number of isocyanates is 1. The molecule has 0 aromatic heterocycles. The second kappa shape index (κ2) is 8.38. The molecule has 0 rings (SSSR count). The minimum atomic E-state index is -0.893. The van der Waals surface area contributed by atoms with Crippen molar-refractivity contribution in [3.8, 4) is 0 Å². The van der Waals surface area contributed by atoms with E-state index in [2.05, 4.69) is 14.5 Å². The zero-order chi connectivity index (χ0) is 12.4. The molecule has 0 fully saturated rings. The lowest BCUT2D eigenvalue weighted by Gasteiger charge is -2.04. The fraction of sp³-hybridized carbons (Fsp3) is 0.500. The molecule has 0 spiro atoms. The van der Waals surface area contributed by atoms with Crippen molar-refractivity contribution in [2.75, 3.05) is 13.7 Å². The molecular formula is C10H13NO5. The monoisotopic (exact) mass is 227 g/mol. The maximum Gasteiger partial charge on any atom is 0.331 e. The number of ether oxygens (including phenoxy) is 2. The number of rotatable bonds is 6. The van der Waals surface area contributed by atoms with Gasteiger partial charge in [-0.25, -0.2) is 9.59 Å². The van der Waals surface area contributed by atoms with E-state index in [0.29, 0.717) is 0 Å². The summed E-state index contributed by atoms with van der Waals surface area (Å²) >= 11 is 0. The zero-order valence-corrected chi connectivity index (χ0v) is 9.13. The standard InChI is InChI=1S/C10H13NO5/c1-8(13)16-6-4-3-5-9(11-7-12)10(14)15-2/h3-4,9H,5-6H2,1-2H3/b4-3+. The van der Waals surface area contributed by atoms with E-state index in [-0.39, 0.29) is 19.0 Å². The minimum absolute atomic E-state index is 0.119. The number of carbonyl (C=O) groups is 2. The number of hydrogen-bond acceptors (Lipinski definition) is 6. The summed E-state index contributed by atoms with van der Waals surface area (Å²) in [4.78, 5) is 34.8. The first kappa shape index (κ1) is 14.1. The van der Waals surface area contributed by atoms with Gasteiger partial charge in [-0.15, -0.1) is 0 Å². The van der Waals surface area contributed by atoms with Crippen molar-refractivity contribution in [1.29, 1.82) is 0 Å². The Kier molecular flexibility index (Phi) is 7.36. The summed E-state index contributed by atoms with van der Waals surface area (Å²) in [7, 11) is 1.21. The summed E-state index contributed by atoms with van der Waals surface area (Å²) in [5, 5.41) is 0. The largest absolute Gasteiger partial charge is 0.467 e. The molecule has 1 unspecified atom stereocenters. The smallest absolute Gasteiger partial charge is 0.331 e. The van der Waals surface area contributed by atoms with Crippen molar-refractivity contribution < 1.29 is 23.9 Å². The van der Waals surface area contributed by atoms with Crippen LogP contribution in [0.4, 0.5) is 0 Å². The Morgan fingerprint density at radius 1 is 1.44 bits per heavy atom. The first-order chi connectivity index (χ1) is 7.61. The second-order valence-electron chi connectivity index (χ2n) is 2.77. The lowest BCUT2D eigenvalue weighted by molar-refractivity contribution is -0.142. The molecular weight excluding hydrogens is 214 g/mol. The van der Waals surface area contributed by atoms with E-state index in [1.807, 2.05) is 0 Å². The lowest BCUT2D eigenvalue weighted by Crippen LogP contribution is -2.19. The molecule has 0 saturated carbocycles. The second-order valence-corrected chi connectivity index (χ2v) is 2.77. The fourth-order valence-electron chi connectivity index (χ4n) is 0.860. The van der Waals surface area contributed by atoms with Crippen LogP contribution >= 0.6 is 0 Å². The highest BCUT2D eigenvalue weighted by molar-refractivity contribution is 5.77. The molecule has 16 heavy (non-hydrogen) atoms. The molecule has 88 valence electrons. The Hall–Kier alpha value is -1.94. The van der Waals surface area contributed by atoms with Crippen LogP contribution in [0.2, 0.25) is 0 Å². The van der Waals surface area contributed by atoms with Crippen LogP contribution in [-0.4, -0.2) is 37.8 Å². The SMILES string of the molecule is COC(=O)C(C/C=C/COC(C)=O)N=C=O. The van der Waals surface area contributed by atoms with E-state index in [9.17, 15) is 14.4 Å². The van der Waals surface area contributed by atoms with Crippen molar-refractivity contribution in [3.63, 3.8) is 0 Å². The molecule has 6 heteroatoms. The van der Waals surface area contributed by atoms with Crippen molar-refractivity contribution in [2.45, 2.75) is 19.4 Å². The molecule has 0 saturated heterocycles. The number of methoxy groups -OCH3 is 1. The number of carbonyl (C=O) groups excluding carboxylic acids is 3. The van der Waals surface area contributed by atoms with Crippen LogP contribution in [0.25, 0.3) is 0 Å². The summed E-state index contributed by atoms with van der Waals surface area (Å²) in [5.41, 5.74) is 0. The van der Waals surface area contributed by atoms with E-state index >= 15 is 0 Å². The average molecular weight is 227 g/mol. The van der Waals surface area contributed by atoms with Crippen molar-refractivity contribution >= 4 is 18.0 Å². The Morgan fingerprint density at radius 2 is 2.12 bits per heavy atom. The Morgan fingerprint density at radius 3 is 2.62 bits per heavy atom. The molecule has 6 nitrogen and oxygen atoms in total. The maximum absolute atomic E-state index is 11.1. The minimum Gasteiger partial charge on any atom is -0.467 e. The predicted molar refractivity (Wildman–Crippen MR) is 54.3 cm³/mol. The lowest BCUT2D eigenvalue weighted by atomic mass is 10.2. The summed E-state index contributed by atoms with van der Waals surface area (Å²) < 4.78 is 9.05. The van der Waals surface area contributed by atoms with Gasteiger partial charge in [-0.3, -0.25) is 4.79 Å². The van der Waals surface area contributed by atoms with Crippen LogP contribution in [0.3, 0.4) is 0 Å². The van der Waals surface area contributed by atoms with Gasteiger partial charge in [0.2, 0.25) is 6.08 Å². The van der Waals surface area contributed by atoms with Crippen LogP contribution in [0, 0.1) is 0 Å². The van der Waals surface area contributed by atoms with E-state index < -0.39 is 12.0 Å². The van der Waals surface area contributed by atoms with Gasteiger partial charge in [-0.2, -0.15) is 4.99 Å². The highest BCUT2D eigenvalue weighted by Crippen LogP contribution is 2.01. The van der Waals surface area contributed by atoms with Gasteiger partial charge < -0.3 is 9.47 Å². The van der Waals surface area contributed by atoms with Crippen molar-refractivity contribution in [2.24, 2.45) is 4.99 Å². The van der Waals surface area contributed by atoms with Gasteiger partial charge in [0.15, 0.2) is 6.04 Å². The topological polar surface area (TPSA) is 82.0 Å². The third-order valence-electron chi connectivity index (χ3n) is 1.59. The summed E-state index contributed by atoms with van der Waals surface area (Å²) in [6.45, 7) is 1.41. The van der Waals surface area contributed by atoms with Crippen LogP contribution in [-0.2, 0) is 23.9 Å². The summed E-state index contributed by atoms with van der Waals surface area (Å²) in [6.07, 6.45) is 4.62. The summed E-state index contributed by atoms with van der Waals surface area (Å²) in [5.74, 6) is -0.999. The zero-order valence-electron chi connectivity index (χ0n) is 9.13. The molecule has 0 aromatic rings. The van der Waals surface area contributed by atoms with Crippen molar-refractivity contribution in [1.82, 2.24) is 0 Å². The number of hydrogen-bond donors (Lipinski definition) is 0. The molecule has 1 atom stereocenters. The van der Waals surface area contributed by atoms with Crippen molar-refractivity contribution in [3.05, 3.63) is 12.2 Å². The third-order valence-corrected chi connectivity index (χ3v) is 1.59. The van der Waals surface area contributed by atoms with Gasteiger partial charge in [0.05, 0.1) is 7.11 Å². The van der Waals surface area contributed by atoms with Gasteiger partial charge in [-0.05, 0) is 6.42 Å². The molecule has 0 amide bonds. The highest BCUT2D eigenvalue weighted by Gasteiger charge is 2.15. The fourth-order valence-corrected chi connectivity index (χ4v) is 0.860. The average Bonchev–Trinajstić information content (AvgIpc) is 2.25. The quantitative estimate of drug-likeness (QED) is 0.283. The molecule has 0 N–H and O–H groups in total. The van der Waals surface area contributed by atoms with Gasteiger partial charge in [0.25, 0.3) is 0 Å². The Bertz CT molecular complexity index is 317. The molecule has 0 radical (unpaired) electrons. The van der Waals surface area contributed by atoms with Gasteiger partial charge >= 0.3 is 11.9 Å². The molecule has 0 aromatic carbocycles. The molecule has 0 aliphatic heterocycles. The molecule has 0 bridgehead atoms. The van der Waals surface area contributed by atoms with E-state index in [4.69, 9.17) is 0 Å². The third kappa shape index (κ3) is 6.50. The Labute approximate surface area is 92.9 Å². The van der Waals surface area contributed by atoms with Crippen LogP contribution in [0.1, 0.15) is 13.3 Å². The molecule has 0 aliphatic rings. The van der Waals surface area contributed by atoms with E-state index in [1.165, 1.54) is 20.1 Å². The first-order valence-electron chi connectivity index (χ1n) is 4.55. The van der Waals surface area contributed by atoms with Crippen LogP contribution < -0.4 is 0 Å². The Balaban J connectivity index is 4.06. The van der Waals surface area contributed by atoms with E-state index in [0.717, 1.165) is 0 Å². The highest BCUT2D eigenvalue weighted by atomic mass is 16.5. The van der Waals surface area contributed by atoms with Crippen LogP contribution in [0.5, 0.6) is 0 Å². The predicted octanol–water partition coefficient (Wildman–Crippen LogP) is 0.373. The number of nitrogens with zero attached hydrogens (tertiary/aromatic N) is 1. The maximum atomic E-state index is 11.1. The first-order valence-corrected chi connectivity index (χ1v) is 4.55. The van der Waals surface area contributed by atoms with Gasteiger partial charge in [0.1, 0.15) is 6.61 Å². The van der Waals surface area contributed by atoms with Gasteiger partial charge in [-0.1, -0.05) is 12.2 Å².